The second-order valence-corrected chi connectivity index (χ2v) is 5.93. The Morgan fingerprint density at radius 3 is 2.96 bits per heavy atom. The van der Waals surface area contributed by atoms with Crippen molar-refractivity contribution in [3.63, 3.8) is 0 Å². The van der Waals surface area contributed by atoms with Crippen molar-refractivity contribution in [2.75, 3.05) is 18.0 Å². The van der Waals surface area contributed by atoms with E-state index in [-0.39, 0.29) is 11.8 Å². The van der Waals surface area contributed by atoms with E-state index in [1.165, 1.54) is 0 Å². The number of hydrogen-bond acceptors (Lipinski definition) is 5. The van der Waals surface area contributed by atoms with Gasteiger partial charge in [0.05, 0.1) is 18.2 Å². The molecule has 1 aliphatic rings. The van der Waals surface area contributed by atoms with E-state index in [4.69, 9.17) is 11.6 Å². The fourth-order valence-electron chi connectivity index (χ4n) is 2.70. The monoisotopic (exact) mass is 331 g/mol. The highest BCUT2D eigenvalue weighted by Crippen LogP contribution is 2.22. The molecular weight excluding hydrogens is 314 g/mol. The summed E-state index contributed by atoms with van der Waals surface area (Å²) in [5, 5.41) is 11.3. The lowest BCUT2D eigenvalue weighted by molar-refractivity contribution is -0.125. The second-order valence-electron chi connectivity index (χ2n) is 5.54. The minimum atomic E-state index is -0.0510. The van der Waals surface area contributed by atoms with E-state index in [0.29, 0.717) is 18.2 Å². The van der Waals surface area contributed by atoms with E-state index < -0.39 is 0 Å². The molecule has 0 aliphatic carbocycles. The summed E-state index contributed by atoms with van der Waals surface area (Å²) in [7, 11) is 0. The molecule has 1 fully saturated rings. The van der Waals surface area contributed by atoms with Crippen molar-refractivity contribution in [1.82, 2.24) is 20.5 Å². The maximum absolute atomic E-state index is 12.4. The zero-order valence-corrected chi connectivity index (χ0v) is 13.4. The molecule has 0 aromatic carbocycles. The first-order valence-corrected chi connectivity index (χ1v) is 8.02. The van der Waals surface area contributed by atoms with Crippen LogP contribution in [0.25, 0.3) is 0 Å². The summed E-state index contributed by atoms with van der Waals surface area (Å²) >= 11 is 5.77. The number of aromatic nitrogens is 3. The van der Waals surface area contributed by atoms with Gasteiger partial charge in [-0.1, -0.05) is 17.7 Å². The van der Waals surface area contributed by atoms with Gasteiger partial charge in [0.25, 0.3) is 0 Å². The first-order chi connectivity index (χ1) is 11.2. The van der Waals surface area contributed by atoms with E-state index in [0.717, 1.165) is 30.9 Å². The second kappa shape index (κ2) is 7.37. The Balaban J connectivity index is 1.57. The Morgan fingerprint density at radius 2 is 2.22 bits per heavy atom. The van der Waals surface area contributed by atoms with Crippen LogP contribution in [-0.4, -0.2) is 34.2 Å². The predicted molar refractivity (Wildman–Crippen MR) is 88.1 cm³/mol. The fourth-order valence-corrected chi connectivity index (χ4v) is 2.80. The van der Waals surface area contributed by atoms with E-state index in [1.807, 2.05) is 24.3 Å². The zero-order valence-electron chi connectivity index (χ0n) is 12.7. The lowest BCUT2D eigenvalue weighted by Gasteiger charge is -2.32. The SMILES string of the molecule is O=C(NCc1ccccn1)[C@H]1CCCN(c2ccc(Cl)nn2)C1. The number of halogens is 1. The highest BCUT2D eigenvalue weighted by Gasteiger charge is 2.26. The smallest absolute Gasteiger partial charge is 0.225 e. The summed E-state index contributed by atoms with van der Waals surface area (Å²) in [5.41, 5.74) is 0.858. The predicted octanol–water partition coefficient (Wildman–Crippen LogP) is 2.06. The molecule has 3 rings (SSSR count). The largest absolute Gasteiger partial charge is 0.354 e. The summed E-state index contributed by atoms with van der Waals surface area (Å²) in [6.07, 6.45) is 3.56. The van der Waals surface area contributed by atoms with Crippen LogP contribution < -0.4 is 10.2 Å². The molecular formula is C16H18ClN5O. The Kier molecular flexibility index (Phi) is 5.02. The van der Waals surface area contributed by atoms with Gasteiger partial charge in [0, 0.05) is 19.3 Å². The maximum atomic E-state index is 12.4. The molecule has 2 aromatic heterocycles. The fraction of sp³-hybridized carbons (Fsp3) is 0.375. The third-order valence-electron chi connectivity index (χ3n) is 3.90. The van der Waals surface area contributed by atoms with E-state index in [9.17, 15) is 4.79 Å². The number of nitrogens with zero attached hydrogens (tertiary/aromatic N) is 4. The van der Waals surface area contributed by atoms with Gasteiger partial charge in [0.2, 0.25) is 5.91 Å². The van der Waals surface area contributed by atoms with Gasteiger partial charge in [-0.15, -0.1) is 10.2 Å². The van der Waals surface area contributed by atoms with Gasteiger partial charge in [-0.2, -0.15) is 0 Å². The van der Waals surface area contributed by atoms with Crippen molar-refractivity contribution in [3.8, 4) is 0 Å². The molecule has 0 bridgehead atoms. The van der Waals surface area contributed by atoms with Gasteiger partial charge in [-0.3, -0.25) is 9.78 Å². The molecule has 6 nitrogen and oxygen atoms in total. The summed E-state index contributed by atoms with van der Waals surface area (Å²) in [6, 6.07) is 9.22. The Bertz CT molecular complexity index is 649. The lowest BCUT2D eigenvalue weighted by Crippen LogP contribution is -2.43. The molecule has 0 radical (unpaired) electrons. The van der Waals surface area contributed by atoms with Crippen LogP contribution in [0.15, 0.2) is 36.5 Å². The highest BCUT2D eigenvalue weighted by molar-refractivity contribution is 6.29. The summed E-state index contributed by atoms with van der Waals surface area (Å²) in [4.78, 5) is 18.7. The van der Waals surface area contributed by atoms with Crippen LogP contribution in [0.2, 0.25) is 5.15 Å². The molecule has 0 spiro atoms. The number of anilines is 1. The third-order valence-corrected chi connectivity index (χ3v) is 4.11. The van der Waals surface area contributed by atoms with Crippen molar-refractivity contribution >= 4 is 23.3 Å². The van der Waals surface area contributed by atoms with Crippen LogP contribution in [0.1, 0.15) is 18.5 Å². The number of carbonyl (C=O) groups excluding carboxylic acids is 1. The minimum absolute atomic E-state index is 0.0510. The van der Waals surface area contributed by atoms with Gasteiger partial charge in [0.1, 0.15) is 0 Å². The zero-order chi connectivity index (χ0) is 16.1. The average molecular weight is 332 g/mol. The molecule has 0 saturated carbocycles. The lowest BCUT2D eigenvalue weighted by atomic mass is 9.97. The van der Waals surface area contributed by atoms with Gasteiger partial charge >= 0.3 is 0 Å². The molecule has 1 atom stereocenters. The summed E-state index contributed by atoms with van der Waals surface area (Å²) < 4.78 is 0. The van der Waals surface area contributed by atoms with Crippen molar-refractivity contribution in [2.24, 2.45) is 5.92 Å². The van der Waals surface area contributed by atoms with Crippen LogP contribution in [0.5, 0.6) is 0 Å². The maximum Gasteiger partial charge on any atom is 0.225 e. The molecule has 3 heterocycles. The number of hydrogen-bond donors (Lipinski definition) is 1. The topological polar surface area (TPSA) is 71.0 Å². The molecule has 120 valence electrons. The van der Waals surface area contributed by atoms with Crippen molar-refractivity contribution in [1.29, 1.82) is 0 Å². The molecule has 0 unspecified atom stereocenters. The quantitative estimate of drug-likeness (QED) is 0.928. The Labute approximate surface area is 139 Å². The van der Waals surface area contributed by atoms with E-state index in [2.05, 4.69) is 25.4 Å². The third kappa shape index (κ3) is 4.16. The Hall–Kier alpha value is -2.21. The first-order valence-electron chi connectivity index (χ1n) is 7.64. The van der Waals surface area contributed by atoms with E-state index >= 15 is 0 Å². The van der Waals surface area contributed by atoms with E-state index in [1.54, 1.807) is 12.3 Å². The number of amides is 1. The highest BCUT2D eigenvalue weighted by atomic mass is 35.5. The molecule has 1 N–H and O–H groups in total. The van der Waals surface area contributed by atoms with Crippen LogP contribution in [-0.2, 0) is 11.3 Å². The number of pyridine rings is 1. The summed E-state index contributed by atoms with van der Waals surface area (Å²) in [6.45, 7) is 1.97. The number of nitrogens with one attached hydrogen (secondary N) is 1. The van der Waals surface area contributed by atoms with Crippen molar-refractivity contribution in [3.05, 3.63) is 47.4 Å². The summed E-state index contributed by atoms with van der Waals surface area (Å²) in [5.74, 6) is 0.767. The normalized spacial score (nSPS) is 17.8. The van der Waals surface area contributed by atoms with Crippen LogP contribution >= 0.6 is 11.6 Å². The standard InChI is InChI=1S/C16H18ClN5O/c17-14-6-7-15(21-20-14)22-9-3-4-12(11-22)16(23)19-10-13-5-1-2-8-18-13/h1-2,5-8,12H,3-4,9-11H2,(H,19,23)/t12-/m0/s1. The van der Waals surface area contributed by atoms with Crippen LogP contribution in [0, 0.1) is 5.92 Å². The number of piperidine rings is 1. The van der Waals surface area contributed by atoms with Crippen molar-refractivity contribution < 1.29 is 4.79 Å². The molecule has 7 heteroatoms. The first kappa shape index (κ1) is 15.7. The number of rotatable bonds is 4. The molecule has 23 heavy (non-hydrogen) atoms. The van der Waals surface area contributed by atoms with Gasteiger partial charge in [-0.25, -0.2) is 0 Å². The van der Waals surface area contributed by atoms with Gasteiger partial charge in [0.15, 0.2) is 11.0 Å². The number of carbonyl (C=O) groups is 1. The molecule has 1 amide bonds. The van der Waals surface area contributed by atoms with Gasteiger partial charge < -0.3 is 10.2 Å². The molecule has 1 aliphatic heterocycles. The Morgan fingerprint density at radius 1 is 1.30 bits per heavy atom. The van der Waals surface area contributed by atoms with Crippen molar-refractivity contribution in [2.45, 2.75) is 19.4 Å². The van der Waals surface area contributed by atoms with Crippen LogP contribution in [0.4, 0.5) is 5.82 Å². The molecule has 2 aromatic rings. The average Bonchev–Trinajstić information content (AvgIpc) is 2.61. The van der Waals surface area contributed by atoms with Crippen LogP contribution in [0.3, 0.4) is 0 Å². The molecule has 1 saturated heterocycles. The minimum Gasteiger partial charge on any atom is -0.354 e. The van der Waals surface area contributed by atoms with Gasteiger partial charge in [-0.05, 0) is 37.1 Å².